The molecule has 11 heteroatoms. The number of pyridine rings is 2. The van der Waals surface area contributed by atoms with Gasteiger partial charge in [-0.25, -0.2) is 18.9 Å². The Labute approximate surface area is 202 Å². The van der Waals surface area contributed by atoms with Crippen LogP contribution in [0, 0.1) is 18.3 Å². The number of amides is 1. The van der Waals surface area contributed by atoms with E-state index in [0.717, 1.165) is 11.8 Å². The quantitative estimate of drug-likeness (QED) is 0.357. The number of aryl methyl sites for hydroxylation is 2. The number of carbonyl (C=O) groups is 1. The van der Waals surface area contributed by atoms with E-state index < -0.39 is 20.5 Å². The van der Waals surface area contributed by atoms with Crippen LogP contribution in [0.15, 0.2) is 59.5 Å². The molecule has 2 heterocycles. The van der Waals surface area contributed by atoms with Crippen LogP contribution in [0.5, 0.6) is 11.6 Å². The molecule has 1 amide bonds. The fourth-order valence-corrected chi connectivity index (χ4v) is 4.16. The number of hydroxylamine groups is 1. The summed E-state index contributed by atoms with van der Waals surface area (Å²) in [6.07, 6.45) is 2.20. The Morgan fingerprint density at radius 2 is 1.89 bits per heavy atom. The molecule has 182 valence electrons. The van der Waals surface area contributed by atoms with Crippen molar-refractivity contribution in [1.82, 2.24) is 15.0 Å². The molecule has 35 heavy (non-hydrogen) atoms. The van der Waals surface area contributed by atoms with Crippen molar-refractivity contribution >= 4 is 15.7 Å². The highest BCUT2D eigenvalue weighted by atomic mass is 32.2. The third kappa shape index (κ3) is 5.56. The Bertz CT molecular complexity index is 1460. The maximum absolute atomic E-state index is 12.6. The molecule has 0 unspecified atom stereocenters. The van der Waals surface area contributed by atoms with Crippen LogP contribution >= 0.6 is 0 Å². The molecule has 0 aliphatic heterocycles. The minimum Gasteiger partial charge on any atom is -0.438 e. The van der Waals surface area contributed by atoms with E-state index in [4.69, 9.17) is 9.94 Å². The first-order valence-corrected chi connectivity index (χ1v) is 12.4. The normalized spacial score (nSPS) is 12.9. The fourth-order valence-electron chi connectivity index (χ4n) is 3.31. The van der Waals surface area contributed by atoms with Gasteiger partial charge in [-0.2, -0.15) is 5.26 Å². The van der Waals surface area contributed by atoms with Gasteiger partial charge in [-0.1, -0.05) is 12.1 Å². The topological polar surface area (TPSA) is 151 Å². The van der Waals surface area contributed by atoms with Crippen LogP contribution in [0.1, 0.15) is 24.6 Å². The van der Waals surface area contributed by atoms with Gasteiger partial charge in [-0.3, -0.25) is 14.8 Å². The molecule has 0 bridgehead atoms. The van der Waals surface area contributed by atoms with E-state index in [9.17, 15) is 23.3 Å². The number of sulfone groups is 1. The predicted octanol–water partition coefficient (Wildman–Crippen LogP) is 2.58. The van der Waals surface area contributed by atoms with E-state index >= 15 is 0 Å². The first-order valence-electron chi connectivity index (χ1n) is 10.5. The van der Waals surface area contributed by atoms with Gasteiger partial charge in [0.2, 0.25) is 5.88 Å². The highest BCUT2D eigenvalue weighted by Crippen LogP contribution is 2.27. The zero-order valence-corrected chi connectivity index (χ0v) is 20.2. The molecule has 0 radical (unpaired) electrons. The number of nitrogens with zero attached hydrogens (tertiary/aromatic N) is 3. The molecule has 1 aromatic carbocycles. The van der Waals surface area contributed by atoms with Crippen LogP contribution in [0.3, 0.4) is 0 Å². The van der Waals surface area contributed by atoms with Crippen molar-refractivity contribution in [3.63, 3.8) is 0 Å². The van der Waals surface area contributed by atoms with Gasteiger partial charge in [0.25, 0.3) is 11.5 Å². The Kier molecular flexibility index (Phi) is 7.38. The van der Waals surface area contributed by atoms with E-state index in [1.165, 1.54) is 29.2 Å². The number of ether oxygens (including phenoxy) is 1. The van der Waals surface area contributed by atoms with Gasteiger partial charge in [0.15, 0.2) is 14.6 Å². The van der Waals surface area contributed by atoms with Crippen molar-refractivity contribution in [2.45, 2.75) is 31.6 Å². The summed E-state index contributed by atoms with van der Waals surface area (Å²) in [7, 11) is -3.87. The molecule has 10 nitrogen and oxygen atoms in total. The molecule has 0 saturated carbocycles. The van der Waals surface area contributed by atoms with E-state index in [1.807, 2.05) is 6.07 Å². The Hall–Kier alpha value is -4.01. The monoisotopic (exact) mass is 496 g/mol. The first-order chi connectivity index (χ1) is 16.5. The van der Waals surface area contributed by atoms with E-state index in [1.54, 1.807) is 49.4 Å². The highest BCUT2D eigenvalue weighted by Gasteiger charge is 2.43. The van der Waals surface area contributed by atoms with E-state index in [0.29, 0.717) is 22.6 Å². The van der Waals surface area contributed by atoms with Crippen LogP contribution in [0.25, 0.3) is 11.1 Å². The number of rotatable bonds is 8. The summed E-state index contributed by atoms with van der Waals surface area (Å²) in [5.74, 6) is -0.382. The lowest BCUT2D eigenvalue weighted by Crippen LogP contribution is -2.49. The second kappa shape index (κ2) is 10.1. The molecule has 0 aliphatic carbocycles. The summed E-state index contributed by atoms with van der Waals surface area (Å²) in [4.78, 5) is 28.8. The molecular formula is C24H24N4O6S. The molecule has 0 saturated heterocycles. The minimum absolute atomic E-state index is 0.0480. The van der Waals surface area contributed by atoms with Gasteiger partial charge in [-0.05, 0) is 61.7 Å². The van der Waals surface area contributed by atoms with Gasteiger partial charge < -0.3 is 9.30 Å². The lowest BCUT2D eigenvalue weighted by atomic mass is 10.1. The Morgan fingerprint density at radius 1 is 1.20 bits per heavy atom. The number of carbonyl (C=O) groups excluding carboxylic acids is 1. The lowest BCUT2D eigenvalue weighted by Gasteiger charge is -2.25. The van der Waals surface area contributed by atoms with Crippen molar-refractivity contribution in [2.75, 3.05) is 6.26 Å². The summed E-state index contributed by atoms with van der Waals surface area (Å²) in [5, 5.41) is 18.2. The Balaban J connectivity index is 1.78. The smallest absolute Gasteiger partial charge is 0.264 e. The largest absolute Gasteiger partial charge is 0.438 e. The fraction of sp³-hybridized carbons (Fsp3) is 0.250. The number of hydrogen-bond donors (Lipinski definition) is 2. The number of benzene rings is 1. The summed E-state index contributed by atoms with van der Waals surface area (Å²) >= 11 is 0. The number of hydrogen-bond acceptors (Lipinski definition) is 8. The van der Waals surface area contributed by atoms with Crippen LogP contribution in [-0.4, -0.2) is 40.1 Å². The SMILES string of the molecule is Cc1ccc(C#N)c(Oc2ccc(-c3ccn(CC[C@](C)(C(=O)NO)S(C)(=O)=O)c(=O)c3)cc2)n1. The second-order valence-corrected chi connectivity index (χ2v) is 10.6. The third-order valence-corrected chi connectivity index (χ3v) is 7.77. The van der Waals surface area contributed by atoms with Crippen LogP contribution in [-0.2, 0) is 21.2 Å². The van der Waals surface area contributed by atoms with Crippen molar-refractivity contribution in [3.05, 3.63) is 76.3 Å². The molecule has 0 fully saturated rings. The summed E-state index contributed by atoms with van der Waals surface area (Å²) < 4.78 is 29.3. The van der Waals surface area contributed by atoms with Gasteiger partial charge in [0.1, 0.15) is 17.4 Å². The van der Waals surface area contributed by atoms with Crippen LogP contribution < -0.4 is 15.8 Å². The van der Waals surface area contributed by atoms with Crippen molar-refractivity contribution in [2.24, 2.45) is 0 Å². The van der Waals surface area contributed by atoms with Gasteiger partial charge in [-0.15, -0.1) is 0 Å². The molecule has 3 aromatic rings. The second-order valence-electron chi connectivity index (χ2n) is 8.18. The molecular weight excluding hydrogens is 472 g/mol. The maximum Gasteiger partial charge on any atom is 0.264 e. The van der Waals surface area contributed by atoms with Crippen LogP contribution in [0.4, 0.5) is 0 Å². The lowest BCUT2D eigenvalue weighted by molar-refractivity contribution is -0.131. The highest BCUT2D eigenvalue weighted by molar-refractivity contribution is 7.92. The molecule has 1 atom stereocenters. The van der Waals surface area contributed by atoms with Crippen molar-refractivity contribution < 1.29 is 23.2 Å². The summed E-state index contributed by atoms with van der Waals surface area (Å²) in [6, 6.07) is 15.4. The van der Waals surface area contributed by atoms with E-state index in [-0.39, 0.29) is 24.4 Å². The standard InChI is InChI=1S/C24H24N4O6S/c1-16-4-5-19(15-25)22(26-16)34-20-8-6-17(7-9-20)18-10-12-28(21(29)14-18)13-11-24(2,23(30)27-31)35(3,32)33/h4-10,12,14,31H,11,13H2,1-3H3,(H,27,30)/t24-/m1/s1. The van der Waals surface area contributed by atoms with E-state index in [2.05, 4.69) is 4.98 Å². The number of nitriles is 1. The minimum atomic E-state index is -3.87. The average Bonchev–Trinajstić information content (AvgIpc) is 2.82. The first kappa shape index (κ1) is 25.6. The molecule has 2 N–H and O–H groups in total. The summed E-state index contributed by atoms with van der Waals surface area (Å²) in [5.41, 5.74) is 3.39. The average molecular weight is 497 g/mol. The molecule has 2 aromatic heterocycles. The van der Waals surface area contributed by atoms with Crippen molar-refractivity contribution in [1.29, 1.82) is 5.26 Å². The van der Waals surface area contributed by atoms with Crippen molar-refractivity contribution in [3.8, 4) is 28.8 Å². The van der Waals surface area contributed by atoms with Crippen LogP contribution in [0.2, 0.25) is 0 Å². The predicted molar refractivity (Wildman–Crippen MR) is 128 cm³/mol. The third-order valence-electron chi connectivity index (χ3n) is 5.75. The molecule has 0 spiro atoms. The molecule has 3 rings (SSSR count). The summed E-state index contributed by atoms with van der Waals surface area (Å²) in [6.45, 7) is 2.94. The molecule has 0 aliphatic rings. The van der Waals surface area contributed by atoms with Gasteiger partial charge in [0, 0.05) is 30.8 Å². The zero-order chi connectivity index (χ0) is 25.8. The van der Waals surface area contributed by atoms with Gasteiger partial charge >= 0.3 is 0 Å². The number of nitrogens with one attached hydrogen (secondary N) is 1. The van der Waals surface area contributed by atoms with Gasteiger partial charge in [0.05, 0.1) is 0 Å². The zero-order valence-electron chi connectivity index (χ0n) is 19.3. The Morgan fingerprint density at radius 3 is 2.46 bits per heavy atom. The number of aromatic nitrogens is 2. The maximum atomic E-state index is 12.6.